The van der Waals surface area contributed by atoms with E-state index in [9.17, 15) is 22.8 Å². The molecule has 10 nitrogen and oxygen atoms in total. The van der Waals surface area contributed by atoms with E-state index in [1.807, 2.05) is 0 Å². The van der Waals surface area contributed by atoms with Gasteiger partial charge < -0.3 is 19.7 Å². The Balaban J connectivity index is 1.64. The molecular formula is C21H23N3O7S. The number of para-hydroxylation sites is 2. The first-order chi connectivity index (χ1) is 15.2. The fraction of sp³-hybridized carbons (Fsp3) is 0.286. The molecule has 0 aliphatic carbocycles. The molecule has 1 unspecified atom stereocenters. The third kappa shape index (κ3) is 5.24. The molecule has 0 bridgehead atoms. The van der Waals surface area contributed by atoms with Gasteiger partial charge in [0.2, 0.25) is 10.0 Å². The summed E-state index contributed by atoms with van der Waals surface area (Å²) in [5.74, 6) is -1.56. The van der Waals surface area contributed by atoms with Crippen molar-refractivity contribution in [2.24, 2.45) is 0 Å². The van der Waals surface area contributed by atoms with Gasteiger partial charge in [0.25, 0.3) is 11.8 Å². The quantitative estimate of drug-likeness (QED) is 0.572. The van der Waals surface area contributed by atoms with E-state index in [2.05, 4.69) is 10.0 Å². The summed E-state index contributed by atoms with van der Waals surface area (Å²) in [5, 5.41) is 2.47. The molecule has 11 heteroatoms. The predicted octanol–water partition coefficient (Wildman–Crippen LogP) is 0.437. The molecule has 0 radical (unpaired) electrons. The van der Waals surface area contributed by atoms with Gasteiger partial charge in [0.15, 0.2) is 12.7 Å². The van der Waals surface area contributed by atoms with E-state index >= 15 is 0 Å². The maximum absolute atomic E-state index is 12.8. The van der Waals surface area contributed by atoms with Crippen molar-refractivity contribution in [2.75, 3.05) is 25.1 Å². The van der Waals surface area contributed by atoms with Crippen molar-refractivity contribution in [3.05, 3.63) is 54.6 Å². The first-order valence-corrected chi connectivity index (χ1v) is 11.2. The van der Waals surface area contributed by atoms with Gasteiger partial charge in [-0.15, -0.1) is 0 Å². The van der Waals surface area contributed by atoms with Crippen molar-refractivity contribution in [3.63, 3.8) is 0 Å². The highest BCUT2D eigenvalue weighted by atomic mass is 32.2. The number of carbonyl (C=O) groups is 3. The molecular weight excluding hydrogens is 438 g/mol. The molecule has 1 heterocycles. The lowest BCUT2D eigenvalue weighted by Gasteiger charge is -2.33. The summed E-state index contributed by atoms with van der Waals surface area (Å²) in [4.78, 5) is 38.4. The summed E-state index contributed by atoms with van der Waals surface area (Å²) in [6.45, 7) is 0.618. The zero-order valence-electron chi connectivity index (χ0n) is 17.5. The number of likely N-dealkylation sites (N-methyl/N-ethyl adjacent to an activating group) is 1. The number of rotatable bonds is 7. The summed E-state index contributed by atoms with van der Waals surface area (Å²) in [7, 11) is -2.47. The van der Waals surface area contributed by atoms with E-state index in [0.717, 1.165) is 0 Å². The third-order valence-electron chi connectivity index (χ3n) is 4.69. The van der Waals surface area contributed by atoms with Crippen LogP contribution in [-0.4, -0.2) is 58.5 Å². The molecule has 2 aromatic rings. The SMILES string of the molecule is CNC(=O)C1CN(C(=O)COC(=O)[C@H](C)NS(=O)(=O)c2ccccc2)c2ccccc2O1. The van der Waals surface area contributed by atoms with E-state index < -0.39 is 46.6 Å². The second-order valence-corrected chi connectivity index (χ2v) is 8.67. The third-order valence-corrected chi connectivity index (χ3v) is 6.25. The lowest BCUT2D eigenvalue weighted by molar-refractivity contribution is -0.149. The second-order valence-electron chi connectivity index (χ2n) is 6.96. The fourth-order valence-corrected chi connectivity index (χ4v) is 4.27. The molecule has 1 aliphatic rings. The minimum absolute atomic E-state index is 0.000827. The van der Waals surface area contributed by atoms with Crippen LogP contribution in [0.5, 0.6) is 5.75 Å². The van der Waals surface area contributed by atoms with Crippen LogP contribution in [0.4, 0.5) is 5.69 Å². The number of ether oxygens (including phenoxy) is 2. The Morgan fingerprint density at radius 1 is 1.12 bits per heavy atom. The Hall–Kier alpha value is -3.44. The van der Waals surface area contributed by atoms with Gasteiger partial charge in [-0.1, -0.05) is 30.3 Å². The Morgan fingerprint density at radius 3 is 2.47 bits per heavy atom. The van der Waals surface area contributed by atoms with E-state index in [-0.39, 0.29) is 11.4 Å². The molecule has 2 aromatic carbocycles. The number of carbonyl (C=O) groups excluding carboxylic acids is 3. The van der Waals surface area contributed by atoms with Crippen LogP contribution in [0, 0.1) is 0 Å². The molecule has 32 heavy (non-hydrogen) atoms. The van der Waals surface area contributed by atoms with Crippen LogP contribution in [0.25, 0.3) is 0 Å². The minimum Gasteiger partial charge on any atom is -0.477 e. The summed E-state index contributed by atoms with van der Waals surface area (Å²) >= 11 is 0. The lowest BCUT2D eigenvalue weighted by atomic mass is 10.1. The van der Waals surface area contributed by atoms with Crippen LogP contribution in [0.3, 0.4) is 0 Å². The van der Waals surface area contributed by atoms with Gasteiger partial charge in [0.1, 0.15) is 11.8 Å². The second kappa shape index (κ2) is 9.79. The Bertz CT molecular complexity index is 1110. The van der Waals surface area contributed by atoms with E-state index in [4.69, 9.17) is 9.47 Å². The summed E-state index contributed by atoms with van der Waals surface area (Å²) in [6.07, 6.45) is -0.925. The number of amides is 2. The standard InChI is InChI=1S/C21H23N3O7S/c1-14(23-32(28,29)15-8-4-3-5-9-15)21(27)30-13-19(25)24-12-18(20(26)22-2)31-17-11-7-6-10-16(17)24/h3-11,14,18,23H,12-13H2,1-2H3,(H,22,26)/t14-,18?/m0/s1. The van der Waals surface area contributed by atoms with Crippen LogP contribution in [0.2, 0.25) is 0 Å². The molecule has 0 spiro atoms. The van der Waals surface area contributed by atoms with Gasteiger partial charge in [-0.3, -0.25) is 14.4 Å². The molecule has 3 rings (SSSR count). The maximum atomic E-state index is 12.8. The van der Waals surface area contributed by atoms with Crippen LogP contribution in [-0.2, 0) is 29.1 Å². The number of hydrogen-bond donors (Lipinski definition) is 2. The molecule has 2 N–H and O–H groups in total. The van der Waals surface area contributed by atoms with Gasteiger partial charge in [-0.05, 0) is 31.2 Å². The molecule has 1 aliphatic heterocycles. The van der Waals surface area contributed by atoms with Crippen LogP contribution in [0.1, 0.15) is 6.92 Å². The van der Waals surface area contributed by atoms with Gasteiger partial charge in [-0.2, -0.15) is 4.72 Å². The molecule has 0 saturated carbocycles. The van der Waals surface area contributed by atoms with Crippen molar-refractivity contribution in [1.82, 2.24) is 10.0 Å². The van der Waals surface area contributed by atoms with Gasteiger partial charge in [0, 0.05) is 7.05 Å². The van der Waals surface area contributed by atoms with Crippen molar-refractivity contribution in [1.29, 1.82) is 0 Å². The average molecular weight is 461 g/mol. The topological polar surface area (TPSA) is 131 Å². The Labute approximate surface area is 185 Å². The van der Waals surface area contributed by atoms with Gasteiger partial charge in [0.05, 0.1) is 17.1 Å². The van der Waals surface area contributed by atoms with E-state index in [1.165, 1.54) is 31.0 Å². The van der Waals surface area contributed by atoms with E-state index in [0.29, 0.717) is 11.4 Å². The number of esters is 1. The molecule has 0 fully saturated rings. The number of hydrogen-bond acceptors (Lipinski definition) is 7. The first-order valence-electron chi connectivity index (χ1n) is 9.74. The fourth-order valence-electron chi connectivity index (χ4n) is 3.05. The smallest absolute Gasteiger partial charge is 0.324 e. The molecule has 0 aromatic heterocycles. The number of anilines is 1. The summed E-state index contributed by atoms with van der Waals surface area (Å²) in [6, 6.07) is 13.0. The monoisotopic (exact) mass is 461 g/mol. The summed E-state index contributed by atoms with van der Waals surface area (Å²) in [5.41, 5.74) is 0.437. The van der Waals surface area contributed by atoms with Gasteiger partial charge in [-0.25, -0.2) is 8.42 Å². The molecule has 2 amide bonds. The first kappa shape index (κ1) is 23.2. The van der Waals surface area contributed by atoms with Crippen LogP contribution < -0.4 is 19.7 Å². The molecule has 0 saturated heterocycles. The van der Waals surface area contributed by atoms with Crippen LogP contribution in [0.15, 0.2) is 59.5 Å². The Kier molecular flexibility index (Phi) is 7.11. The highest BCUT2D eigenvalue weighted by Gasteiger charge is 2.34. The molecule has 170 valence electrons. The highest BCUT2D eigenvalue weighted by Crippen LogP contribution is 2.33. The largest absolute Gasteiger partial charge is 0.477 e. The normalized spacial score (nSPS) is 16.3. The number of sulfonamides is 1. The number of nitrogens with zero attached hydrogens (tertiary/aromatic N) is 1. The van der Waals surface area contributed by atoms with Crippen molar-refractivity contribution in [3.8, 4) is 5.75 Å². The van der Waals surface area contributed by atoms with E-state index in [1.54, 1.807) is 42.5 Å². The maximum Gasteiger partial charge on any atom is 0.324 e. The zero-order chi connectivity index (χ0) is 23.3. The predicted molar refractivity (Wildman–Crippen MR) is 114 cm³/mol. The lowest BCUT2D eigenvalue weighted by Crippen LogP contribution is -2.51. The molecule has 2 atom stereocenters. The number of benzene rings is 2. The average Bonchev–Trinajstić information content (AvgIpc) is 2.81. The number of nitrogens with one attached hydrogen (secondary N) is 2. The van der Waals surface area contributed by atoms with Crippen molar-refractivity contribution < 1.29 is 32.3 Å². The zero-order valence-corrected chi connectivity index (χ0v) is 18.3. The van der Waals surface area contributed by atoms with Crippen molar-refractivity contribution >= 4 is 33.5 Å². The number of fused-ring (bicyclic) bond motifs is 1. The minimum atomic E-state index is -3.93. The van der Waals surface area contributed by atoms with Crippen LogP contribution >= 0.6 is 0 Å². The summed E-state index contributed by atoms with van der Waals surface area (Å²) < 4.78 is 37.6. The highest BCUT2D eigenvalue weighted by molar-refractivity contribution is 7.89. The van der Waals surface area contributed by atoms with Gasteiger partial charge >= 0.3 is 5.97 Å². The van der Waals surface area contributed by atoms with Crippen molar-refractivity contribution in [2.45, 2.75) is 24.0 Å². The Morgan fingerprint density at radius 2 is 1.78 bits per heavy atom.